The Morgan fingerprint density at radius 1 is 1.06 bits per heavy atom. The molecule has 2 rings (SSSR count). The van der Waals surface area contributed by atoms with Crippen molar-refractivity contribution in [1.82, 2.24) is 0 Å². The molecule has 2 aromatic carbocycles. The summed E-state index contributed by atoms with van der Waals surface area (Å²) in [7, 11) is 0. The van der Waals surface area contributed by atoms with Crippen LogP contribution in [0.5, 0.6) is 5.75 Å². The van der Waals surface area contributed by atoms with E-state index in [-0.39, 0.29) is 11.7 Å². The molecule has 2 aromatic rings. The monoisotopic (exact) mass is 369 g/mol. The fourth-order valence-corrected chi connectivity index (χ4v) is 2.61. The number of para-hydroxylation sites is 1. The average molecular weight is 371 g/mol. The van der Waals surface area contributed by atoms with Gasteiger partial charge in [-0.25, -0.2) is 0 Å². The number of nitrogens with one attached hydrogen (secondary N) is 1. The van der Waals surface area contributed by atoms with Crippen LogP contribution in [0.2, 0.25) is 0 Å². The molecule has 0 spiro atoms. The zero-order chi connectivity index (χ0) is 13.1. The molecule has 0 unspecified atom stereocenters. The molecule has 0 fully saturated rings. The van der Waals surface area contributed by atoms with Crippen molar-refractivity contribution in [2.45, 2.75) is 0 Å². The Balaban J connectivity index is 2.25. The summed E-state index contributed by atoms with van der Waals surface area (Å²) in [6.45, 7) is 0. The summed E-state index contributed by atoms with van der Waals surface area (Å²) in [5.74, 6) is -0.158. The third-order valence-corrected chi connectivity index (χ3v) is 3.52. The van der Waals surface area contributed by atoms with Crippen LogP contribution in [-0.4, -0.2) is 11.0 Å². The summed E-state index contributed by atoms with van der Waals surface area (Å²) in [5.41, 5.74) is 1.18. The molecule has 92 valence electrons. The molecule has 0 aromatic heterocycles. The van der Waals surface area contributed by atoms with Gasteiger partial charge in [-0.3, -0.25) is 4.79 Å². The first-order valence-corrected chi connectivity index (χ1v) is 6.71. The molecule has 0 aliphatic carbocycles. The minimum Gasteiger partial charge on any atom is -0.506 e. The van der Waals surface area contributed by atoms with Gasteiger partial charge in [-0.15, -0.1) is 0 Å². The van der Waals surface area contributed by atoms with E-state index in [9.17, 15) is 9.90 Å². The Kier molecular flexibility index (Phi) is 4.04. The van der Waals surface area contributed by atoms with E-state index in [0.29, 0.717) is 14.5 Å². The number of halogens is 2. The van der Waals surface area contributed by atoms with Gasteiger partial charge in [-0.05, 0) is 56.1 Å². The Morgan fingerprint density at radius 3 is 2.17 bits per heavy atom. The molecule has 1 amide bonds. The van der Waals surface area contributed by atoms with Gasteiger partial charge in [0, 0.05) is 11.3 Å². The molecule has 0 bridgehead atoms. The zero-order valence-corrected chi connectivity index (χ0v) is 12.3. The molecule has 0 radical (unpaired) electrons. The SMILES string of the molecule is O=C(Nc1ccccc1)c1cc(Br)c(O)c(Br)c1. The van der Waals surface area contributed by atoms with Crippen LogP contribution in [0.25, 0.3) is 0 Å². The second-order valence-corrected chi connectivity index (χ2v) is 5.32. The number of phenolic OH excluding ortho intramolecular Hbond substituents is 1. The quantitative estimate of drug-likeness (QED) is 0.833. The van der Waals surface area contributed by atoms with Crippen LogP contribution < -0.4 is 5.32 Å². The van der Waals surface area contributed by atoms with E-state index in [1.54, 1.807) is 12.1 Å². The number of amides is 1. The van der Waals surface area contributed by atoms with Crippen LogP contribution in [0, 0.1) is 0 Å². The van der Waals surface area contributed by atoms with Gasteiger partial charge in [0.1, 0.15) is 5.75 Å². The van der Waals surface area contributed by atoms with Crippen molar-refractivity contribution in [2.24, 2.45) is 0 Å². The Labute approximate surface area is 121 Å². The number of hydrogen-bond donors (Lipinski definition) is 2. The average Bonchev–Trinajstić information content (AvgIpc) is 2.36. The lowest BCUT2D eigenvalue weighted by Crippen LogP contribution is -2.11. The first-order chi connectivity index (χ1) is 8.58. The van der Waals surface area contributed by atoms with E-state index < -0.39 is 0 Å². The molecule has 5 heteroatoms. The van der Waals surface area contributed by atoms with E-state index in [0.717, 1.165) is 5.69 Å². The van der Waals surface area contributed by atoms with Crippen LogP contribution in [0.3, 0.4) is 0 Å². The van der Waals surface area contributed by atoms with Crippen LogP contribution in [0.4, 0.5) is 5.69 Å². The predicted octanol–water partition coefficient (Wildman–Crippen LogP) is 4.17. The maximum Gasteiger partial charge on any atom is 0.255 e. The lowest BCUT2D eigenvalue weighted by atomic mass is 10.2. The topological polar surface area (TPSA) is 49.3 Å². The van der Waals surface area contributed by atoms with Gasteiger partial charge in [-0.2, -0.15) is 0 Å². The summed E-state index contributed by atoms with van der Waals surface area (Å²) < 4.78 is 0.935. The van der Waals surface area contributed by atoms with Crippen molar-refractivity contribution in [2.75, 3.05) is 5.32 Å². The number of aromatic hydroxyl groups is 1. The van der Waals surface area contributed by atoms with Crippen molar-refractivity contribution in [3.63, 3.8) is 0 Å². The minimum atomic E-state index is -0.234. The maximum absolute atomic E-state index is 12.0. The molecule has 2 N–H and O–H groups in total. The van der Waals surface area contributed by atoms with Gasteiger partial charge in [-0.1, -0.05) is 18.2 Å². The van der Waals surface area contributed by atoms with Crippen molar-refractivity contribution in [3.8, 4) is 5.75 Å². The summed E-state index contributed by atoms with van der Waals surface area (Å²) in [6.07, 6.45) is 0. The zero-order valence-electron chi connectivity index (χ0n) is 9.15. The van der Waals surface area contributed by atoms with Gasteiger partial charge in [0.05, 0.1) is 8.95 Å². The van der Waals surface area contributed by atoms with Gasteiger partial charge in [0.25, 0.3) is 5.91 Å². The number of phenols is 1. The molecule has 0 aliphatic heterocycles. The molecular formula is C13H9Br2NO2. The Hall–Kier alpha value is -1.33. The van der Waals surface area contributed by atoms with Crippen molar-refractivity contribution in [3.05, 3.63) is 57.0 Å². The van der Waals surface area contributed by atoms with Crippen LogP contribution in [0.1, 0.15) is 10.4 Å². The maximum atomic E-state index is 12.0. The van der Waals surface area contributed by atoms with Crippen LogP contribution in [0.15, 0.2) is 51.4 Å². The van der Waals surface area contributed by atoms with Crippen LogP contribution >= 0.6 is 31.9 Å². The van der Waals surface area contributed by atoms with Gasteiger partial charge < -0.3 is 10.4 Å². The van der Waals surface area contributed by atoms with E-state index in [2.05, 4.69) is 37.2 Å². The van der Waals surface area contributed by atoms with E-state index >= 15 is 0 Å². The number of carbonyl (C=O) groups is 1. The molecule has 3 nitrogen and oxygen atoms in total. The fraction of sp³-hybridized carbons (Fsp3) is 0. The van der Waals surface area contributed by atoms with E-state index in [1.165, 1.54) is 0 Å². The smallest absolute Gasteiger partial charge is 0.255 e. The largest absolute Gasteiger partial charge is 0.506 e. The first kappa shape index (κ1) is 13.1. The van der Waals surface area contributed by atoms with Crippen molar-refractivity contribution < 1.29 is 9.90 Å². The third-order valence-electron chi connectivity index (χ3n) is 2.31. The minimum absolute atomic E-state index is 0.0752. The second-order valence-electron chi connectivity index (χ2n) is 3.61. The second kappa shape index (κ2) is 5.54. The first-order valence-electron chi connectivity index (χ1n) is 5.12. The number of carbonyl (C=O) groups excluding carboxylic acids is 1. The highest BCUT2D eigenvalue weighted by Crippen LogP contribution is 2.33. The Bertz CT molecular complexity index is 562. The van der Waals surface area contributed by atoms with Crippen molar-refractivity contribution >= 4 is 43.5 Å². The van der Waals surface area contributed by atoms with E-state index in [4.69, 9.17) is 0 Å². The number of hydrogen-bond acceptors (Lipinski definition) is 2. The summed E-state index contributed by atoms with van der Waals surface area (Å²) >= 11 is 6.38. The summed E-state index contributed by atoms with van der Waals surface area (Å²) in [4.78, 5) is 12.0. The molecular weight excluding hydrogens is 362 g/mol. The normalized spacial score (nSPS) is 10.1. The molecule has 0 aliphatic rings. The molecule has 0 saturated carbocycles. The highest BCUT2D eigenvalue weighted by Gasteiger charge is 2.11. The Morgan fingerprint density at radius 2 is 1.61 bits per heavy atom. The standard InChI is InChI=1S/C13H9Br2NO2/c14-10-6-8(7-11(15)12(10)17)13(18)16-9-4-2-1-3-5-9/h1-7,17H,(H,16,18). The summed E-state index contributed by atoms with van der Waals surface area (Å²) in [6, 6.07) is 12.3. The van der Waals surface area contributed by atoms with Gasteiger partial charge in [0.2, 0.25) is 0 Å². The van der Waals surface area contributed by atoms with Gasteiger partial charge in [0.15, 0.2) is 0 Å². The highest BCUT2D eigenvalue weighted by molar-refractivity contribution is 9.11. The molecule has 0 saturated heterocycles. The molecule has 0 heterocycles. The number of anilines is 1. The van der Waals surface area contributed by atoms with E-state index in [1.807, 2.05) is 30.3 Å². The van der Waals surface area contributed by atoms with Crippen molar-refractivity contribution in [1.29, 1.82) is 0 Å². The number of benzene rings is 2. The van der Waals surface area contributed by atoms with Crippen LogP contribution in [-0.2, 0) is 0 Å². The molecule has 0 atom stereocenters. The third kappa shape index (κ3) is 2.91. The predicted molar refractivity (Wildman–Crippen MR) is 77.9 cm³/mol. The van der Waals surface area contributed by atoms with Gasteiger partial charge >= 0.3 is 0 Å². The summed E-state index contributed by atoms with van der Waals surface area (Å²) in [5, 5.41) is 12.3. The number of rotatable bonds is 2. The highest BCUT2D eigenvalue weighted by atomic mass is 79.9. The fourth-order valence-electron chi connectivity index (χ4n) is 1.42. The molecule has 18 heavy (non-hydrogen) atoms. The lowest BCUT2D eigenvalue weighted by molar-refractivity contribution is 0.102. The lowest BCUT2D eigenvalue weighted by Gasteiger charge is -2.07.